The van der Waals surface area contributed by atoms with E-state index in [0.717, 1.165) is 0 Å². The van der Waals surface area contributed by atoms with Gasteiger partial charge in [0.05, 0.1) is 5.02 Å². The topological polar surface area (TPSA) is 44.3 Å². The molecule has 0 bridgehead atoms. The molecule has 3 N–H and O–H groups in total. The quantitative estimate of drug-likeness (QED) is 0.670. The molecule has 78 valence electrons. The Balaban J connectivity index is 2.63. The molecular formula is C9H12ClFN2O. The van der Waals surface area contributed by atoms with Crippen molar-refractivity contribution in [1.82, 2.24) is 5.32 Å². The van der Waals surface area contributed by atoms with Crippen molar-refractivity contribution in [3.05, 3.63) is 29.0 Å². The van der Waals surface area contributed by atoms with Gasteiger partial charge in [0, 0.05) is 12.2 Å². The zero-order valence-electron chi connectivity index (χ0n) is 7.72. The van der Waals surface area contributed by atoms with Crippen LogP contribution >= 0.6 is 11.6 Å². The van der Waals surface area contributed by atoms with Crippen LogP contribution in [0.5, 0.6) is 0 Å². The second-order valence-corrected chi connectivity index (χ2v) is 3.25. The maximum atomic E-state index is 12.7. The molecule has 1 atom stereocenters. The minimum atomic E-state index is -0.721. The molecule has 5 heteroatoms. The number of benzene rings is 1. The molecule has 1 aromatic carbocycles. The summed E-state index contributed by atoms with van der Waals surface area (Å²) in [6.07, 6.45) is -0.721. The van der Waals surface area contributed by atoms with Gasteiger partial charge in [-0.3, -0.25) is 0 Å². The van der Waals surface area contributed by atoms with Gasteiger partial charge in [-0.2, -0.15) is 0 Å². The smallest absolute Gasteiger partial charge is 0.141 e. The highest BCUT2D eigenvalue weighted by Crippen LogP contribution is 2.19. The van der Waals surface area contributed by atoms with Gasteiger partial charge in [0.15, 0.2) is 0 Å². The molecule has 0 aromatic heterocycles. The van der Waals surface area contributed by atoms with E-state index in [0.29, 0.717) is 12.2 Å². The van der Waals surface area contributed by atoms with Gasteiger partial charge in [0.2, 0.25) is 0 Å². The minimum Gasteiger partial charge on any atom is -0.372 e. The van der Waals surface area contributed by atoms with E-state index >= 15 is 0 Å². The Morgan fingerprint density at radius 3 is 2.86 bits per heavy atom. The Kier molecular flexibility index (Phi) is 4.13. The van der Waals surface area contributed by atoms with Crippen molar-refractivity contribution < 1.29 is 9.50 Å². The number of anilines is 1. The van der Waals surface area contributed by atoms with Gasteiger partial charge < -0.3 is 15.7 Å². The number of halogens is 2. The van der Waals surface area contributed by atoms with Gasteiger partial charge in [0.1, 0.15) is 12.0 Å². The predicted octanol–water partition coefficient (Wildman–Crippen LogP) is 1.43. The van der Waals surface area contributed by atoms with Crippen LogP contribution in [-0.4, -0.2) is 24.9 Å². The van der Waals surface area contributed by atoms with E-state index in [4.69, 9.17) is 11.6 Å². The maximum absolute atomic E-state index is 12.7. The van der Waals surface area contributed by atoms with Crippen molar-refractivity contribution in [3.8, 4) is 0 Å². The van der Waals surface area contributed by atoms with E-state index in [1.165, 1.54) is 18.2 Å². The van der Waals surface area contributed by atoms with Crippen LogP contribution in [0.4, 0.5) is 10.1 Å². The molecule has 0 amide bonds. The number of aliphatic hydroxyl groups is 1. The summed E-state index contributed by atoms with van der Waals surface area (Å²) in [5.41, 5.74) is 0.583. The minimum absolute atomic E-state index is 0.0339. The van der Waals surface area contributed by atoms with Crippen LogP contribution in [0.2, 0.25) is 5.02 Å². The highest BCUT2D eigenvalue weighted by atomic mass is 35.5. The van der Waals surface area contributed by atoms with Crippen molar-refractivity contribution in [2.24, 2.45) is 0 Å². The maximum Gasteiger partial charge on any atom is 0.141 e. The first-order valence-corrected chi connectivity index (χ1v) is 4.55. The van der Waals surface area contributed by atoms with Crippen molar-refractivity contribution >= 4 is 17.3 Å². The summed E-state index contributed by atoms with van der Waals surface area (Å²) >= 11 is 5.56. The molecule has 1 aromatic rings. The number of aliphatic hydroxyl groups excluding tert-OH is 1. The molecule has 0 aliphatic carbocycles. The molecule has 3 nitrogen and oxygen atoms in total. The Hall–Kier alpha value is -0.840. The first kappa shape index (κ1) is 11.2. The number of likely N-dealkylation sites (N-methyl/N-ethyl adjacent to an activating group) is 1. The summed E-state index contributed by atoms with van der Waals surface area (Å²) in [6, 6.07) is 4.19. The van der Waals surface area contributed by atoms with Crippen LogP contribution in [-0.2, 0) is 0 Å². The van der Waals surface area contributed by atoms with Gasteiger partial charge >= 0.3 is 0 Å². The largest absolute Gasteiger partial charge is 0.372 e. The zero-order chi connectivity index (χ0) is 10.6. The predicted molar refractivity (Wildman–Crippen MR) is 55.0 cm³/mol. The van der Waals surface area contributed by atoms with Gasteiger partial charge in [0.25, 0.3) is 0 Å². The zero-order valence-corrected chi connectivity index (χ0v) is 8.48. The first-order chi connectivity index (χ1) is 6.63. The summed E-state index contributed by atoms with van der Waals surface area (Å²) in [4.78, 5) is 0. The van der Waals surface area contributed by atoms with Crippen molar-refractivity contribution in [2.75, 3.05) is 18.9 Å². The fraction of sp³-hybridized carbons (Fsp3) is 0.333. The van der Waals surface area contributed by atoms with E-state index in [2.05, 4.69) is 10.6 Å². The van der Waals surface area contributed by atoms with Crippen molar-refractivity contribution in [3.63, 3.8) is 0 Å². The summed E-state index contributed by atoms with van der Waals surface area (Å²) < 4.78 is 12.7. The third kappa shape index (κ3) is 3.14. The molecule has 1 rings (SSSR count). The molecule has 0 fully saturated rings. The average molecular weight is 219 g/mol. The number of nitrogens with one attached hydrogen (secondary N) is 2. The molecule has 0 saturated carbocycles. The Morgan fingerprint density at radius 2 is 2.29 bits per heavy atom. The summed E-state index contributed by atoms with van der Waals surface area (Å²) in [5, 5.41) is 14.9. The monoisotopic (exact) mass is 218 g/mol. The van der Waals surface area contributed by atoms with E-state index in [-0.39, 0.29) is 5.02 Å². The molecule has 1 unspecified atom stereocenters. The molecule has 14 heavy (non-hydrogen) atoms. The van der Waals surface area contributed by atoms with Crippen LogP contribution in [0.3, 0.4) is 0 Å². The van der Waals surface area contributed by atoms with Gasteiger partial charge in [-0.25, -0.2) is 4.39 Å². The van der Waals surface area contributed by atoms with Crippen LogP contribution in [0, 0.1) is 5.82 Å². The Bertz CT molecular complexity index is 309. The van der Waals surface area contributed by atoms with E-state index in [1.54, 1.807) is 7.05 Å². The van der Waals surface area contributed by atoms with Crippen LogP contribution in [0.1, 0.15) is 0 Å². The lowest BCUT2D eigenvalue weighted by atomic mass is 10.3. The summed E-state index contributed by atoms with van der Waals surface area (Å²) in [7, 11) is 1.72. The van der Waals surface area contributed by atoms with Crippen LogP contribution in [0.25, 0.3) is 0 Å². The molecule has 0 radical (unpaired) electrons. The van der Waals surface area contributed by atoms with E-state index in [9.17, 15) is 9.50 Å². The van der Waals surface area contributed by atoms with Crippen LogP contribution < -0.4 is 10.6 Å². The first-order valence-electron chi connectivity index (χ1n) is 4.17. The van der Waals surface area contributed by atoms with E-state index < -0.39 is 12.0 Å². The second-order valence-electron chi connectivity index (χ2n) is 2.85. The fourth-order valence-corrected chi connectivity index (χ4v) is 1.20. The fourth-order valence-electron chi connectivity index (χ4n) is 1.02. The lowest BCUT2D eigenvalue weighted by Gasteiger charge is -2.13. The molecule has 0 aliphatic heterocycles. The summed E-state index contributed by atoms with van der Waals surface area (Å²) in [6.45, 7) is 0.398. The van der Waals surface area contributed by atoms with Crippen molar-refractivity contribution in [1.29, 1.82) is 0 Å². The van der Waals surface area contributed by atoms with Gasteiger partial charge in [-0.1, -0.05) is 11.6 Å². The molecule has 0 heterocycles. The standard InChI is InChI=1S/C9H12ClFN2O/c1-12-5-9(14)13-6-2-3-8(11)7(10)4-6/h2-4,9,12-14H,5H2,1H3. The van der Waals surface area contributed by atoms with E-state index in [1.807, 2.05) is 0 Å². The lowest BCUT2D eigenvalue weighted by molar-refractivity contribution is 0.203. The normalized spacial score (nSPS) is 12.6. The number of hydrogen-bond donors (Lipinski definition) is 3. The average Bonchev–Trinajstić information content (AvgIpc) is 2.12. The SMILES string of the molecule is CNCC(O)Nc1ccc(F)c(Cl)c1. The molecular weight excluding hydrogens is 207 g/mol. The van der Waals surface area contributed by atoms with Gasteiger partial charge in [-0.05, 0) is 25.2 Å². The number of hydrogen-bond acceptors (Lipinski definition) is 3. The molecule has 0 saturated heterocycles. The molecule has 0 aliphatic rings. The Morgan fingerprint density at radius 1 is 1.57 bits per heavy atom. The highest BCUT2D eigenvalue weighted by molar-refractivity contribution is 6.31. The highest BCUT2D eigenvalue weighted by Gasteiger charge is 2.04. The second kappa shape index (κ2) is 5.14. The van der Waals surface area contributed by atoms with Gasteiger partial charge in [-0.15, -0.1) is 0 Å². The van der Waals surface area contributed by atoms with Crippen LogP contribution in [0.15, 0.2) is 18.2 Å². The summed E-state index contributed by atoms with van der Waals surface area (Å²) in [5.74, 6) is -0.472. The molecule has 0 spiro atoms. The third-order valence-corrected chi connectivity index (χ3v) is 1.94. The van der Waals surface area contributed by atoms with Crippen molar-refractivity contribution in [2.45, 2.75) is 6.23 Å². The third-order valence-electron chi connectivity index (χ3n) is 1.65. The lowest BCUT2D eigenvalue weighted by Crippen LogP contribution is -2.30. The number of rotatable bonds is 4. The Labute approximate surface area is 86.9 Å².